The molecule has 3 rings (SSSR count). The quantitative estimate of drug-likeness (QED) is 0.864. The maximum Gasteiger partial charge on any atom is 0.255 e. The zero-order chi connectivity index (χ0) is 18.4. The highest BCUT2D eigenvalue weighted by Crippen LogP contribution is 2.19. The summed E-state index contributed by atoms with van der Waals surface area (Å²) in [6.07, 6.45) is 1.70. The summed E-state index contributed by atoms with van der Waals surface area (Å²) in [7, 11) is 2.12. The Morgan fingerprint density at radius 1 is 1.19 bits per heavy atom. The number of nitrogens with zero attached hydrogens (tertiary/aromatic N) is 3. The van der Waals surface area contributed by atoms with Gasteiger partial charge in [0.1, 0.15) is 5.82 Å². The zero-order valence-electron chi connectivity index (χ0n) is 15.4. The fourth-order valence-corrected chi connectivity index (χ4v) is 2.94. The summed E-state index contributed by atoms with van der Waals surface area (Å²) in [5.41, 5.74) is 2.36. The maximum absolute atomic E-state index is 12.7. The summed E-state index contributed by atoms with van der Waals surface area (Å²) in [4.78, 5) is 21.7. The van der Waals surface area contributed by atoms with E-state index in [0.29, 0.717) is 18.8 Å². The van der Waals surface area contributed by atoms with Crippen LogP contribution in [0, 0.1) is 0 Å². The second-order valence-electron chi connectivity index (χ2n) is 6.44. The highest BCUT2D eigenvalue weighted by Gasteiger charge is 2.17. The number of nitrogens with one attached hydrogen (secondary N) is 1. The van der Waals surface area contributed by atoms with Gasteiger partial charge in [-0.2, -0.15) is 0 Å². The number of rotatable bonds is 6. The summed E-state index contributed by atoms with van der Waals surface area (Å²) >= 11 is 0. The van der Waals surface area contributed by atoms with Gasteiger partial charge in [-0.25, -0.2) is 4.98 Å². The molecule has 2 heterocycles. The van der Waals surface area contributed by atoms with Crippen LogP contribution in [-0.2, 0) is 11.3 Å². The minimum Gasteiger partial charge on any atom is -0.377 e. The van der Waals surface area contributed by atoms with E-state index in [-0.39, 0.29) is 5.91 Å². The van der Waals surface area contributed by atoms with Crippen molar-refractivity contribution in [1.29, 1.82) is 0 Å². The molecule has 1 aromatic heterocycles. The Hall–Kier alpha value is -2.44. The first-order valence-corrected chi connectivity index (χ1v) is 9.04. The number of anilines is 2. The van der Waals surface area contributed by atoms with Crippen LogP contribution >= 0.6 is 0 Å². The SMILES string of the molecule is CCOCc1ccccc1NC(=O)c1ccnc(N2CCN(C)CC2)c1. The molecule has 26 heavy (non-hydrogen) atoms. The number of piperazine rings is 1. The Morgan fingerprint density at radius 2 is 1.96 bits per heavy atom. The molecule has 6 heteroatoms. The lowest BCUT2D eigenvalue weighted by molar-refractivity contribution is 0.102. The van der Waals surface area contributed by atoms with E-state index >= 15 is 0 Å². The minimum absolute atomic E-state index is 0.133. The normalized spacial score (nSPS) is 15.1. The number of hydrogen-bond donors (Lipinski definition) is 1. The van der Waals surface area contributed by atoms with E-state index in [2.05, 4.69) is 27.1 Å². The van der Waals surface area contributed by atoms with Gasteiger partial charge >= 0.3 is 0 Å². The third-order valence-corrected chi connectivity index (χ3v) is 4.56. The Morgan fingerprint density at radius 3 is 2.73 bits per heavy atom. The van der Waals surface area contributed by atoms with Gasteiger partial charge in [-0.3, -0.25) is 4.79 Å². The maximum atomic E-state index is 12.7. The van der Waals surface area contributed by atoms with Crippen molar-refractivity contribution in [2.24, 2.45) is 0 Å². The van der Waals surface area contributed by atoms with Crippen LogP contribution in [0.4, 0.5) is 11.5 Å². The van der Waals surface area contributed by atoms with Crippen LogP contribution in [0.15, 0.2) is 42.6 Å². The van der Waals surface area contributed by atoms with Crippen molar-refractivity contribution in [3.63, 3.8) is 0 Å². The lowest BCUT2D eigenvalue weighted by atomic mass is 10.1. The number of pyridine rings is 1. The van der Waals surface area contributed by atoms with Crippen LogP contribution in [-0.4, -0.2) is 55.6 Å². The first kappa shape index (κ1) is 18.4. The summed E-state index contributed by atoms with van der Waals surface area (Å²) < 4.78 is 5.48. The number of ether oxygens (including phenoxy) is 1. The van der Waals surface area contributed by atoms with E-state index in [9.17, 15) is 4.79 Å². The standard InChI is InChI=1S/C20H26N4O2/c1-3-26-15-17-6-4-5-7-18(17)22-20(25)16-8-9-21-19(14-16)24-12-10-23(2)11-13-24/h4-9,14H,3,10-13,15H2,1-2H3,(H,22,25). The van der Waals surface area contributed by atoms with E-state index in [4.69, 9.17) is 4.74 Å². The molecular weight excluding hydrogens is 328 g/mol. The molecule has 1 fully saturated rings. The molecule has 0 spiro atoms. The zero-order valence-corrected chi connectivity index (χ0v) is 15.4. The van der Waals surface area contributed by atoms with Gasteiger partial charge in [-0.05, 0) is 32.2 Å². The Balaban J connectivity index is 1.72. The van der Waals surface area contributed by atoms with E-state index in [0.717, 1.165) is 43.2 Å². The third-order valence-electron chi connectivity index (χ3n) is 4.56. The molecule has 1 aromatic carbocycles. The number of carbonyl (C=O) groups excluding carboxylic acids is 1. The lowest BCUT2D eigenvalue weighted by Crippen LogP contribution is -2.44. The molecule has 0 saturated carbocycles. The van der Waals surface area contributed by atoms with Crippen molar-refractivity contribution in [1.82, 2.24) is 9.88 Å². The number of aromatic nitrogens is 1. The lowest BCUT2D eigenvalue weighted by Gasteiger charge is -2.33. The van der Waals surface area contributed by atoms with Crippen molar-refractivity contribution in [2.75, 3.05) is 50.1 Å². The molecule has 0 radical (unpaired) electrons. The van der Waals surface area contributed by atoms with Crippen molar-refractivity contribution in [3.05, 3.63) is 53.7 Å². The van der Waals surface area contributed by atoms with Gasteiger partial charge in [0.15, 0.2) is 0 Å². The topological polar surface area (TPSA) is 57.7 Å². The molecule has 1 amide bonds. The van der Waals surface area contributed by atoms with E-state index in [1.165, 1.54) is 0 Å². The number of hydrogen-bond acceptors (Lipinski definition) is 5. The molecule has 0 unspecified atom stereocenters. The largest absolute Gasteiger partial charge is 0.377 e. The number of likely N-dealkylation sites (N-methyl/N-ethyl adjacent to an activating group) is 1. The van der Waals surface area contributed by atoms with Crippen molar-refractivity contribution < 1.29 is 9.53 Å². The van der Waals surface area contributed by atoms with E-state index < -0.39 is 0 Å². The number of amides is 1. The summed E-state index contributed by atoms with van der Waals surface area (Å²) in [6, 6.07) is 11.3. The third kappa shape index (κ3) is 4.59. The second kappa shape index (κ2) is 8.78. The average molecular weight is 354 g/mol. The molecule has 1 N–H and O–H groups in total. The van der Waals surface area contributed by atoms with Gasteiger partial charge < -0.3 is 19.9 Å². The minimum atomic E-state index is -0.133. The smallest absolute Gasteiger partial charge is 0.255 e. The summed E-state index contributed by atoms with van der Waals surface area (Å²) in [5, 5.41) is 3.00. The number of carbonyl (C=O) groups is 1. The highest BCUT2D eigenvalue weighted by atomic mass is 16.5. The van der Waals surface area contributed by atoms with Gasteiger partial charge in [0.05, 0.1) is 6.61 Å². The molecular formula is C20H26N4O2. The van der Waals surface area contributed by atoms with Crippen LogP contribution in [0.2, 0.25) is 0 Å². The van der Waals surface area contributed by atoms with Crippen LogP contribution < -0.4 is 10.2 Å². The molecule has 0 atom stereocenters. The van der Waals surface area contributed by atoms with Gasteiger partial charge in [0.25, 0.3) is 5.91 Å². The van der Waals surface area contributed by atoms with Gasteiger partial charge in [-0.1, -0.05) is 18.2 Å². The predicted octanol–water partition coefficient (Wildman–Crippen LogP) is 2.62. The second-order valence-corrected chi connectivity index (χ2v) is 6.44. The van der Waals surface area contributed by atoms with Gasteiger partial charge in [0, 0.05) is 55.8 Å². The number of benzene rings is 1. The van der Waals surface area contributed by atoms with E-state index in [1.807, 2.05) is 37.3 Å². The Bertz CT molecular complexity index is 742. The Kier molecular flexibility index (Phi) is 6.20. The summed E-state index contributed by atoms with van der Waals surface area (Å²) in [5.74, 6) is 0.722. The van der Waals surface area contributed by atoms with Crippen molar-refractivity contribution in [3.8, 4) is 0 Å². The molecule has 6 nitrogen and oxygen atoms in total. The fraction of sp³-hybridized carbons (Fsp3) is 0.400. The fourth-order valence-electron chi connectivity index (χ4n) is 2.94. The molecule has 0 bridgehead atoms. The number of para-hydroxylation sites is 1. The highest BCUT2D eigenvalue weighted by molar-refractivity contribution is 6.05. The van der Waals surface area contributed by atoms with Gasteiger partial charge in [-0.15, -0.1) is 0 Å². The van der Waals surface area contributed by atoms with Crippen molar-refractivity contribution in [2.45, 2.75) is 13.5 Å². The first-order valence-electron chi connectivity index (χ1n) is 9.04. The van der Waals surface area contributed by atoms with Crippen molar-refractivity contribution >= 4 is 17.4 Å². The summed E-state index contributed by atoms with van der Waals surface area (Å²) in [6.45, 7) is 6.93. The molecule has 2 aromatic rings. The molecule has 0 aliphatic carbocycles. The van der Waals surface area contributed by atoms with Crippen LogP contribution in [0.3, 0.4) is 0 Å². The molecule has 1 aliphatic heterocycles. The monoisotopic (exact) mass is 354 g/mol. The average Bonchev–Trinajstić information content (AvgIpc) is 2.68. The van der Waals surface area contributed by atoms with Crippen LogP contribution in [0.5, 0.6) is 0 Å². The van der Waals surface area contributed by atoms with E-state index in [1.54, 1.807) is 12.3 Å². The van der Waals surface area contributed by atoms with Crippen LogP contribution in [0.25, 0.3) is 0 Å². The first-order chi connectivity index (χ1) is 12.7. The Labute approximate surface area is 154 Å². The van der Waals surface area contributed by atoms with Gasteiger partial charge in [0.2, 0.25) is 0 Å². The van der Waals surface area contributed by atoms with Crippen LogP contribution in [0.1, 0.15) is 22.8 Å². The molecule has 1 saturated heterocycles. The molecule has 1 aliphatic rings. The molecule has 138 valence electrons. The predicted molar refractivity (Wildman–Crippen MR) is 104 cm³/mol.